The number of amides is 2. The number of carbonyl (C=O) groups is 2. The number of fused-ring (bicyclic) bond motifs is 1. The molecule has 9 heteroatoms. The van der Waals surface area contributed by atoms with Gasteiger partial charge in [-0.2, -0.15) is 0 Å². The third-order valence-corrected chi connectivity index (χ3v) is 6.28. The molecule has 1 N–H and O–H groups in total. The predicted octanol–water partition coefficient (Wildman–Crippen LogP) is 2.00. The zero-order valence-corrected chi connectivity index (χ0v) is 21.4. The van der Waals surface area contributed by atoms with Gasteiger partial charge in [0.05, 0.1) is 32.8 Å². The molecular weight excluding hydrogens is 448 g/mol. The molecule has 0 spiro atoms. The van der Waals surface area contributed by atoms with Gasteiger partial charge in [-0.05, 0) is 44.8 Å². The highest BCUT2D eigenvalue weighted by Gasteiger charge is 2.34. The molecule has 1 aromatic heterocycles. The number of hydrogen-bond donors (Lipinski definition) is 1. The van der Waals surface area contributed by atoms with Crippen molar-refractivity contribution in [1.29, 1.82) is 0 Å². The number of benzene rings is 1. The van der Waals surface area contributed by atoms with Crippen LogP contribution in [0.5, 0.6) is 11.6 Å². The van der Waals surface area contributed by atoms with Crippen LogP contribution in [0.25, 0.3) is 11.1 Å². The molecule has 9 nitrogen and oxygen atoms in total. The quantitative estimate of drug-likeness (QED) is 0.612. The van der Waals surface area contributed by atoms with Gasteiger partial charge in [-0.15, -0.1) is 0 Å². The Kier molecular flexibility index (Phi) is 8.69. The van der Waals surface area contributed by atoms with Crippen LogP contribution in [0.4, 0.5) is 0 Å². The zero-order valence-electron chi connectivity index (χ0n) is 21.4. The van der Waals surface area contributed by atoms with Gasteiger partial charge in [-0.25, -0.2) is 4.98 Å². The summed E-state index contributed by atoms with van der Waals surface area (Å²) in [6.45, 7) is 4.67. The Labute approximate surface area is 207 Å². The summed E-state index contributed by atoms with van der Waals surface area (Å²) in [5.74, 6) is 0.602. The van der Waals surface area contributed by atoms with E-state index >= 15 is 0 Å². The summed E-state index contributed by atoms with van der Waals surface area (Å²) in [4.78, 5) is 35.8. The van der Waals surface area contributed by atoms with Gasteiger partial charge in [0.2, 0.25) is 11.8 Å². The van der Waals surface area contributed by atoms with E-state index in [1.807, 2.05) is 57.1 Å². The number of rotatable bonds is 8. The lowest BCUT2D eigenvalue weighted by atomic mass is 9.99. The van der Waals surface area contributed by atoms with Gasteiger partial charge in [0.25, 0.3) is 5.91 Å². The SMILES string of the molecule is COc1ccc(-c2cnc3c(c2)C(=O)N([C@H](C)CO)C[C@@H](C)[C@H](CN(C)C(=O)CN(C)C)O3)cc1. The average molecular weight is 485 g/mol. The van der Waals surface area contributed by atoms with E-state index in [1.165, 1.54) is 0 Å². The molecule has 0 unspecified atom stereocenters. The van der Waals surface area contributed by atoms with Crippen LogP contribution in [0.2, 0.25) is 0 Å². The maximum atomic E-state index is 13.6. The summed E-state index contributed by atoms with van der Waals surface area (Å²) in [5, 5.41) is 9.84. The van der Waals surface area contributed by atoms with Crippen molar-refractivity contribution in [2.45, 2.75) is 26.0 Å². The lowest BCUT2D eigenvalue weighted by molar-refractivity contribution is -0.132. The molecule has 0 bridgehead atoms. The number of aliphatic hydroxyl groups excluding tert-OH is 1. The summed E-state index contributed by atoms with van der Waals surface area (Å²) in [6, 6.07) is 8.90. The van der Waals surface area contributed by atoms with Gasteiger partial charge in [-0.1, -0.05) is 19.1 Å². The molecule has 3 rings (SSSR count). The monoisotopic (exact) mass is 484 g/mol. The zero-order chi connectivity index (χ0) is 25.7. The summed E-state index contributed by atoms with van der Waals surface area (Å²) in [7, 11) is 7.06. The fraction of sp³-hybridized carbons (Fsp3) is 0.500. The van der Waals surface area contributed by atoms with Crippen molar-refractivity contribution < 1.29 is 24.2 Å². The first-order valence-corrected chi connectivity index (χ1v) is 11.8. The van der Waals surface area contributed by atoms with Gasteiger partial charge in [0.15, 0.2) is 0 Å². The Balaban J connectivity index is 1.98. The lowest BCUT2D eigenvalue weighted by Gasteiger charge is -2.37. The van der Waals surface area contributed by atoms with E-state index in [-0.39, 0.29) is 42.4 Å². The van der Waals surface area contributed by atoms with Crippen LogP contribution in [0, 0.1) is 5.92 Å². The second-order valence-corrected chi connectivity index (χ2v) is 9.44. The summed E-state index contributed by atoms with van der Waals surface area (Å²) in [5.41, 5.74) is 1.98. The first kappa shape index (κ1) is 26.4. The van der Waals surface area contributed by atoms with E-state index in [1.54, 1.807) is 36.2 Å². The van der Waals surface area contributed by atoms with E-state index < -0.39 is 0 Å². The molecule has 0 saturated carbocycles. The topological polar surface area (TPSA) is 95.4 Å². The third kappa shape index (κ3) is 6.29. The van der Waals surface area contributed by atoms with E-state index in [4.69, 9.17) is 9.47 Å². The van der Waals surface area contributed by atoms with Gasteiger partial charge in [0.1, 0.15) is 17.4 Å². The smallest absolute Gasteiger partial charge is 0.259 e. The average Bonchev–Trinajstić information content (AvgIpc) is 2.85. The van der Waals surface area contributed by atoms with Crippen molar-refractivity contribution in [2.75, 3.05) is 54.5 Å². The van der Waals surface area contributed by atoms with Gasteiger partial charge >= 0.3 is 0 Å². The number of carbonyl (C=O) groups excluding carboxylic acids is 2. The van der Waals surface area contributed by atoms with Crippen LogP contribution in [0.1, 0.15) is 24.2 Å². The summed E-state index contributed by atoms with van der Waals surface area (Å²) >= 11 is 0. The predicted molar refractivity (Wildman–Crippen MR) is 134 cm³/mol. The minimum Gasteiger partial charge on any atom is -0.497 e. The second kappa shape index (κ2) is 11.5. The third-order valence-electron chi connectivity index (χ3n) is 6.28. The van der Waals surface area contributed by atoms with E-state index in [2.05, 4.69) is 4.98 Å². The van der Waals surface area contributed by atoms with E-state index in [0.29, 0.717) is 25.2 Å². The Morgan fingerprint density at radius 3 is 2.54 bits per heavy atom. The largest absolute Gasteiger partial charge is 0.497 e. The number of ether oxygens (including phenoxy) is 2. The Morgan fingerprint density at radius 1 is 1.26 bits per heavy atom. The Bertz CT molecular complexity index is 1030. The van der Waals surface area contributed by atoms with Crippen molar-refractivity contribution >= 4 is 11.8 Å². The molecule has 0 aliphatic carbocycles. The number of aromatic nitrogens is 1. The highest BCUT2D eigenvalue weighted by molar-refractivity contribution is 5.98. The Morgan fingerprint density at radius 2 is 1.94 bits per heavy atom. The van der Waals surface area contributed by atoms with Crippen LogP contribution in [-0.4, -0.2) is 103 Å². The minimum absolute atomic E-state index is 0.0208. The number of pyridine rings is 1. The van der Waals surface area contributed by atoms with Crippen molar-refractivity contribution in [2.24, 2.45) is 5.92 Å². The second-order valence-electron chi connectivity index (χ2n) is 9.44. The molecule has 35 heavy (non-hydrogen) atoms. The molecular formula is C26H36N4O5. The first-order chi connectivity index (χ1) is 16.6. The molecule has 2 aromatic rings. The molecule has 2 amide bonds. The van der Waals surface area contributed by atoms with Crippen LogP contribution < -0.4 is 9.47 Å². The highest BCUT2D eigenvalue weighted by atomic mass is 16.5. The van der Waals surface area contributed by atoms with Crippen molar-refractivity contribution in [3.8, 4) is 22.8 Å². The number of hydrogen-bond acceptors (Lipinski definition) is 7. The molecule has 3 atom stereocenters. The van der Waals surface area contributed by atoms with E-state index in [0.717, 1.165) is 16.9 Å². The molecule has 1 aliphatic heterocycles. The van der Waals surface area contributed by atoms with Crippen LogP contribution in [0.15, 0.2) is 36.5 Å². The molecule has 2 heterocycles. The van der Waals surface area contributed by atoms with Crippen LogP contribution in [0.3, 0.4) is 0 Å². The van der Waals surface area contributed by atoms with Crippen molar-refractivity contribution in [1.82, 2.24) is 19.7 Å². The normalized spacial score (nSPS) is 18.9. The minimum atomic E-state index is -0.384. The van der Waals surface area contributed by atoms with Crippen molar-refractivity contribution in [3.63, 3.8) is 0 Å². The van der Waals surface area contributed by atoms with Crippen LogP contribution >= 0.6 is 0 Å². The number of nitrogens with zero attached hydrogens (tertiary/aromatic N) is 4. The number of methoxy groups -OCH3 is 1. The van der Waals surface area contributed by atoms with Crippen LogP contribution in [-0.2, 0) is 4.79 Å². The number of likely N-dealkylation sites (N-methyl/N-ethyl adjacent to an activating group) is 2. The molecule has 1 aromatic carbocycles. The fourth-order valence-corrected chi connectivity index (χ4v) is 4.02. The molecule has 0 radical (unpaired) electrons. The fourth-order valence-electron chi connectivity index (χ4n) is 4.02. The standard InChI is InChI=1S/C26H36N4O5/c1-17-13-30(18(2)16-31)26(33)22-11-20(19-7-9-21(34-6)10-8-19)12-27-25(22)35-23(17)14-29(5)24(32)15-28(3)4/h7-12,17-18,23,31H,13-16H2,1-6H3/t17-,18-,23+/m1/s1. The maximum absolute atomic E-state index is 13.6. The first-order valence-electron chi connectivity index (χ1n) is 11.8. The lowest BCUT2D eigenvalue weighted by Crippen LogP contribution is -2.51. The van der Waals surface area contributed by atoms with Crippen molar-refractivity contribution in [3.05, 3.63) is 42.1 Å². The van der Waals surface area contributed by atoms with Gasteiger partial charge < -0.3 is 29.3 Å². The molecule has 0 fully saturated rings. The summed E-state index contributed by atoms with van der Waals surface area (Å²) in [6.07, 6.45) is 1.29. The highest BCUT2D eigenvalue weighted by Crippen LogP contribution is 2.31. The Hall–Kier alpha value is -3.17. The maximum Gasteiger partial charge on any atom is 0.259 e. The summed E-state index contributed by atoms with van der Waals surface area (Å²) < 4.78 is 11.5. The van der Waals surface area contributed by atoms with E-state index in [9.17, 15) is 14.7 Å². The molecule has 190 valence electrons. The van der Waals surface area contributed by atoms with Gasteiger partial charge in [-0.3, -0.25) is 9.59 Å². The number of aliphatic hydroxyl groups is 1. The van der Waals surface area contributed by atoms with Gasteiger partial charge in [0, 0.05) is 31.3 Å². The molecule has 0 saturated heterocycles. The molecule has 1 aliphatic rings.